The number of phenols is 1. The van der Waals surface area contributed by atoms with E-state index in [4.69, 9.17) is 0 Å². The SMILES string of the molecule is CC(C)N1CCC[C@@H](Nc2nnc(-c3c(O)cc(C4CC4)cc3F)c3cccn23)C1. The number of anilines is 1. The molecule has 3 aromatic rings. The summed E-state index contributed by atoms with van der Waals surface area (Å²) >= 11 is 0. The standard InChI is InChI=1S/C23H28FN5O/c1-14(2)28-9-3-5-17(13-28)25-23-27-26-22(19-6-4-10-29(19)23)21-18(24)11-16(12-20(21)30)15-7-8-15/h4,6,10-12,14-15,17,30H,3,5,7-9,13H2,1-2H3,(H,25,27)/t17-/m1/s1. The highest BCUT2D eigenvalue weighted by Gasteiger charge is 2.28. The minimum atomic E-state index is -0.449. The lowest BCUT2D eigenvalue weighted by Gasteiger charge is -2.35. The summed E-state index contributed by atoms with van der Waals surface area (Å²) in [4.78, 5) is 2.46. The lowest BCUT2D eigenvalue weighted by molar-refractivity contribution is 0.174. The molecule has 5 rings (SSSR count). The van der Waals surface area contributed by atoms with Gasteiger partial charge >= 0.3 is 0 Å². The predicted molar refractivity (Wildman–Crippen MR) is 115 cm³/mol. The third kappa shape index (κ3) is 3.51. The summed E-state index contributed by atoms with van der Waals surface area (Å²) in [5, 5.41) is 22.8. The Morgan fingerprint density at radius 3 is 2.77 bits per heavy atom. The Labute approximate surface area is 175 Å². The van der Waals surface area contributed by atoms with Crippen LogP contribution >= 0.6 is 0 Å². The van der Waals surface area contributed by atoms with Crippen molar-refractivity contribution in [3.63, 3.8) is 0 Å². The van der Waals surface area contributed by atoms with E-state index in [2.05, 4.69) is 34.3 Å². The topological polar surface area (TPSA) is 65.7 Å². The van der Waals surface area contributed by atoms with Gasteiger partial charge < -0.3 is 10.4 Å². The number of rotatable bonds is 5. The third-order valence-corrected chi connectivity index (χ3v) is 6.36. The molecule has 1 aromatic carbocycles. The number of piperidine rings is 1. The lowest BCUT2D eigenvalue weighted by atomic mass is 10.0. The average molecular weight is 410 g/mol. The fourth-order valence-electron chi connectivity index (χ4n) is 4.51. The second-order valence-corrected chi connectivity index (χ2v) is 8.88. The lowest BCUT2D eigenvalue weighted by Crippen LogP contribution is -2.45. The van der Waals surface area contributed by atoms with Gasteiger partial charge in [0, 0.05) is 24.8 Å². The van der Waals surface area contributed by atoms with E-state index in [0.717, 1.165) is 49.9 Å². The summed E-state index contributed by atoms with van der Waals surface area (Å²) in [5.41, 5.74) is 2.05. The summed E-state index contributed by atoms with van der Waals surface area (Å²) < 4.78 is 16.8. The van der Waals surface area contributed by atoms with Gasteiger partial charge in [0.25, 0.3) is 0 Å². The molecule has 2 fully saturated rings. The van der Waals surface area contributed by atoms with E-state index < -0.39 is 5.82 Å². The molecule has 1 saturated heterocycles. The Balaban J connectivity index is 1.48. The minimum absolute atomic E-state index is 0.0742. The number of aromatic hydroxyl groups is 1. The van der Waals surface area contributed by atoms with E-state index in [0.29, 0.717) is 23.6 Å². The zero-order chi connectivity index (χ0) is 20.8. The number of halogens is 1. The number of aromatic nitrogens is 3. The molecule has 1 atom stereocenters. The summed E-state index contributed by atoms with van der Waals surface area (Å²) in [6, 6.07) is 7.77. The highest BCUT2D eigenvalue weighted by atomic mass is 19.1. The van der Waals surface area contributed by atoms with Crippen LogP contribution in [0.4, 0.5) is 10.3 Å². The van der Waals surface area contributed by atoms with Crippen molar-refractivity contribution in [3.05, 3.63) is 41.8 Å². The number of likely N-dealkylation sites (tertiary alicyclic amines) is 1. The Morgan fingerprint density at radius 1 is 1.20 bits per heavy atom. The molecular weight excluding hydrogens is 381 g/mol. The number of nitrogens with one attached hydrogen (secondary N) is 1. The molecule has 1 saturated carbocycles. The molecule has 0 unspecified atom stereocenters. The largest absolute Gasteiger partial charge is 0.507 e. The van der Waals surface area contributed by atoms with Gasteiger partial charge in [0.2, 0.25) is 5.95 Å². The number of hydrogen-bond acceptors (Lipinski definition) is 5. The third-order valence-electron chi connectivity index (χ3n) is 6.36. The smallest absolute Gasteiger partial charge is 0.228 e. The molecule has 2 aromatic heterocycles. The molecule has 3 heterocycles. The van der Waals surface area contributed by atoms with Crippen molar-refractivity contribution >= 4 is 11.5 Å². The van der Waals surface area contributed by atoms with Crippen LogP contribution in [0.25, 0.3) is 16.8 Å². The first-order chi connectivity index (χ1) is 14.5. The quantitative estimate of drug-likeness (QED) is 0.654. The van der Waals surface area contributed by atoms with Crippen LogP contribution in [0.2, 0.25) is 0 Å². The van der Waals surface area contributed by atoms with Crippen molar-refractivity contribution in [2.24, 2.45) is 0 Å². The molecule has 0 amide bonds. The maximum absolute atomic E-state index is 15.0. The summed E-state index contributed by atoms with van der Waals surface area (Å²) in [7, 11) is 0. The van der Waals surface area contributed by atoms with Gasteiger partial charge in [-0.05, 0) is 81.8 Å². The van der Waals surface area contributed by atoms with Crippen LogP contribution in [0.5, 0.6) is 5.75 Å². The first-order valence-corrected chi connectivity index (χ1v) is 10.9. The van der Waals surface area contributed by atoms with Gasteiger partial charge in [0.1, 0.15) is 17.3 Å². The van der Waals surface area contributed by atoms with Crippen molar-refractivity contribution in [3.8, 4) is 17.0 Å². The van der Waals surface area contributed by atoms with Crippen molar-refractivity contribution < 1.29 is 9.50 Å². The number of benzene rings is 1. The number of fused-ring (bicyclic) bond motifs is 1. The van der Waals surface area contributed by atoms with Crippen LogP contribution in [0.1, 0.15) is 51.0 Å². The molecule has 158 valence electrons. The van der Waals surface area contributed by atoms with Crippen molar-refractivity contribution in [1.29, 1.82) is 0 Å². The first kappa shape index (κ1) is 19.3. The highest BCUT2D eigenvalue weighted by Crippen LogP contribution is 2.44. The molecule has 0 spiro atoms. The molecule has 0 bridgehead atoms. The molecular formula is C23H28FN5O. The van der Waals surface area contributed by atoms with Crippen LogP contribution in [-0.2, 0) is 0 Å². The Kier molecular flexibility index (Phi) is 4.85. The summed E-state index contributed by atoms with van der Waals surface area (Å²) in [5.74, 6) is 0.486. The Hall–Kier alpha value is -2.67. The fraction of sp³-hybridized carbons (Fsp3) is 0.478. The zero-order valence-corrected chi connectivity index (χ0v) is 17.5. The van der Waals surface area contributed by atoms with Crippen LogP contribution in [-0.4, -0.2) is 49.8 Å². The average Bonchev–Trinajstić information content (AvgIpc) is 3.45. The predicted octanol–water partition coefficient (Wildman–Crippen LogP) is 4.40. The fourth-order valence-corrected chi connectivity index (χ4v) is 4.51. The van der Waals surface area contributed by atoms with Gasteiger partial charge in [-0.15, -0.1) is 10.2 Å². The molecule has 0 radical (unpaired) electrons. The number of nitrogens with zero attached hydrogens (tertiary/aromatic N) is 4. The summed E-state index contributed by atoms with van der Waals surface area (Å²) in [6.07, 6.45) is 6.22. The highest BCUT2D eigenvalue weighted by molar-refractivity contribution is 5.81. The minimum Gasteiger partial charge on any atom is -0.507 e. The van der Waals surface area contributed by atoms with Crippen LogP contribution in [0.15, 0.2) is 30.5 Å². The molecule has 1 aliphatic heterocycles. The van der Waals surface area contributed by atoms with Crippen LogP contribution in [0, 0.1) is 5.82 Å². The Morgan fingerprint density at radius 2 is 2.03 bits per heavy atom. The van der Waals surface area contributed by atoms with Gasteiger partial charge in [0.15, 0.2) is 0 Å². The van der Waals surface area contributed by atoms with Crippen molar-refractivity contribution in [1.82, 2.24) is 19.5 Å². The summed E-state index contributed by atoms with van der Waals surface area (Å²) in [6.45, 7) is 6.52. The van der Waals surface area contributed by atoms with E-state index in [1.165, 1.54) is 6.07 Å². The van der Waals surface area contributed by atoms with Crippen molar-refractivity contribution in [2.75, 3.05) is 18.4 Å². The van der Waals surface area contributed by atoms with Gasteiger partial charge in [-0.1, -0.05) is 0 Å². The van der Waals surface area contributed by atoms with Gasteiger partial charge in [-0.25, -0.2) is 4.39 Å². The van der Waals surface area contributed by atoms with E-state index in [-0.39, 0.29) is 17.4 Å². The second-order valence-electron chi connectivity index (χ2n) is 8.88. The zero-order valence-electron chi connectivity index (χ0n) is 17.5. The monoisotopic (exact) mass is 409 g/mol. The molecule has 6 nitrogen and oxygen atoms in total. The first-order valence-electron chi connectivity index (χ1n) is 10.9. The van der Waals surface area contributed by atoms with Gasteiger partial charge in [-0.2, -0.15) is 0 Å². The molecule has 30 heavy (non-hydrogen) atoms. The van der Waals surface area contributed by atoms with Crippen molar-refractivity contribution in [2.45, 2.75) is 57.5 Å². The van der Waals surface area contributed by atoms with Crippen LogP contribution in [0.3, 0.4) is 0 Å². The normalized spacial score (nSPS) is 20.2. The number of phenolic OH excluding ortho intramolecular Hbond substituents is 1. The van der Waals surface area contributed by atoms with Gasteiger partial charge in [-0.3, -0.25) is 9.30 Å². The number of hydrogen-bond donors (Lipinski definition) is 2. The van der Waals surface area contributed by atoms with E-state index >= 15 is 0 Å². The Bertz CT molecular complexity index is 1050. The maximum atomic E-state index is 15.0. The molecule has 1 aliphatic carbocycles. The maximum Gasteiger partial charge on any atom is 0.228 e. The molecule has 2 aliphatic rings. The molecule has 2 N–H and O–H groups in total. The van der Waals surface area contributed by atoms with E-state index in [9.17, 15) is 9.50 Å². The molecule has 7 heteroatoms. The second kappa shape index (κ2) is 7.54. The van der Waals surface area contributed by atoms with Crippen LogP contribution < -0.4 is 5.32 Å². The van der Waals surface area contributed by atoms with E-state index in [1.54, 1.807) is 6.07 Å². The van der Waals surface area contributed by atoms with Gasteiger partial charge in [0.05, 0.1) is 11.1 Å². The van der Waals surface area contributed by atoms with E-state index in [1.807, 2.05) is 22.7 Å².